The molecule has 1 atom stereocenters. The number of amides is 1. The van der Waals surface area contributed by atoms with E-state index in [2.05, 4.69) is 21.9 Å². The zero-order valence-corrected chi connectivity index (χ0v) is 14.2. The second-order valence-electron chi connectivity index (χ2n) is 5.98. The van der Waals surface area contributed by atoms with Crippen molar-refractivity contribution in [1.82, 2.24) is 14.9 Å². The highest BCUT2D eigenvalue weighted by atomic mass is 16.5. The lowest BCUT2D eigenvalue weighted by Gasteiger charge is -2.33. The first-order valence-corrected chi connectivity index (χ1v) is 8.45. The van der Waals surface area contributed by atoms with Gasteiger partial charge in [0, 0.05) is 36.9 Å². The molecule has 2 N–H and O–H groups in total. The van der Waals surface area contributed by atoms with Crippen LogP contribution >= 0.6 is 0 Å². The van der Waals surface area contributed by atoms with E-state index in [1.807, 2.05) is 6.07 Å². The molecule has 0 bridgehead atoms. The Morgan fingerprint density at radius 3 is 3.16 bits per heavy atom. The third-order valence-electron chi connectivity index (χ3n) is 4.34. The Hall–Kier alpha value is -2.83. The van der Waals surface area contributed by atoms with Crippen molar-refractivity contribution in [3.8, 4) is 0 Å². The molecule has 0 aliphatic carbocycles. The molecule has 1 amide bonds. The number of H-pyrrole nitrogens is 1. The summed E-state index contributed by atoms with van der Waals surface area (Å²) in [4.78, 5) is 33.3. The number of piperidine rings is 1. The van der Waals surface area contributed by atoms with Gasteiger partial charge in [-0.3, -0.25) is 4.79 Å². The number of hydrogen-bond donors (Lipinski definition) is 2. The average molecular weight is 342 g/mol. The summed E-state index contributed by atoms with van der Waals surface area (Å²) in [6, 6.07) is 1.93. The first-order valence-electron chi connectivity index (χ1n) is 8.45. The highest BCUT2D eigenvalue weighted by Crippen LogP contribution is 2.28. The Labute approximate surface area is 146 Å². The fraction of sp³-hybridized carbons (Fsp3) is 0.389. The first-order chi connectivity index (χ1) is 12.1. The Morgan fingerprint density at radius 1 is 1.56 bits per heavy atom. The van der Waals surface area contributed by atoms with Crippen molar-refractivity contribution in [2.45, 2.75) is 25.8 Å². The topological polar surface area (TPSA) is 87.3 Å². The van der Waals surface area contributed by atoms with Gasteiger partial charge in [0.05, 0.1) is 12.3 Å². The number of aromatic nitrogens is 2. The molecule has 2 aromatic rings. The van der Waals surface area contributed by atoms with E-state index < -0.39 is 5.97 Å². The van der Waals surface area contributed by atoms with Gasteiger partial charge in [-0.2, -0.15) is 0 Å². The van der Waals surface area contributed by atoms with E-state index in [-0.39, 0.29) is 11.9 Å². The van der Waals surface area contributed by atoms with Crippen LogP contribution in [-0.2, 0) is 9.53 Å². The van der Waals surface area contributed by atoms with E-state index in [9.17, 15) is 9.59 Å². The van der Waals surface area contributed by atoms with Gasteiger partial charge in [0.15, 0.2) is 0 Å². The van der Waals surface area contributed by atoms with Gasteiger partial charge in [0.25, 0.3) is 0 Å². The summed E-state index contributed by atoms with van der Waals surface area (Å²) in [6.45, 7) is 6.92. The molecule has 0 spiro atoms. The summed E-state index contributed by atoms with van der Waals surface area (Å²) in [7, 11) is 0. The number of nitrogens with zero attached hydrogens (tertiary/aromatic N) is 2. The molecule has 3 rings (SSSR count). The smallest absolute Gasteiger partial charge is 0.341 e. The van der Waals surface area contributed by atoms with Gasteiger partial charge < -0.3 is 19.9 Å². The van der Waals surface area contributed by atoms with Crippen LogP contribution in [0.2, 0.25) is 0 Å². The minimum atomic E-state index is -0.407. The Morgan fingerprint density at radius 2 is 2.40 bits per heavy atom. The summed E-state index contributed by atoms with van der Waals surface area (Å²) in [5, 5.41) is 4.27. The number of carbonyl (C=O) groups is 2. The van der Waals surface area contributed by atoms with Crippen LogP contribution in [0.5, 0.6) is 0 Å². The lowest BCUT2D eigenvalue weighted by molar-refractivity contribution is -0.127. The predicted molar refractivity (Wildman–Crippen MR) is 95.5 cm³/mol. The molecule has 1 aliphatic rings. The van der Waals surface area contributed by atoms with E-state index in [0.29, 0.717) is 30.0 Å². The Bertz CT molecular complexity index is 799. The third kappa shape index (κ3) is 3.50. The number of anilines is 1. The molecule has 132 valence electrons. The van der Waals surface area contributed by atoms with Gasteiger partial charge in [-0.05, 0) is 31.9 Å². The fourth-order valence-electron chi connectivity index (χ4n) is 3.16. The average Bonchev–Trinajstić information content (AvgIpc) is 3.11. The van der Waals surface area contributed by atoms with E-state index in [4.69, 9.17) is 4.74 Å². The van der Waals surface area contributed by atoms with Crippen LogP contribution in [-0.4, -0.2) is 52.5 Å². The van der Waals surface area contributed by atoms with Crippen molar-refractivity contribution in [3.05, 3.63) is 36.7 Å². The molecule has 0 saturated carbocycles. The molecule has 0 radical (unpaired) electrons. The molecular formula is C18H22N4O3. The SMILES string of the molecule is C=CC(=O)N1CCC[C@@H](Nc2c(C(=O)OCC)cnc3[nH]ccc23)C1. The minimum Gasteiger partial charge on any atom is -0.462 e. The molecule has 1 saturated heterocycles. The molecule has 1 fully saturated rings. The van der Waals surface area contributed by atoms with E-state index in [1.165, 1.54) is 12.3 Å². The fourth-order valence-corrected chi connectivity index (χ4v) is 3.16. The van der Waals surface area contributed by atoms with Crippen molar-refractivity contribution < 1.29 is 14.3 Å². The zero-order chi connectivity index (χ0) is 17.8. The van der Waals surface area contributed by atoms with Gasteiger partial charge in [-0.25, -0.2) is 9.78 Å². The standard InChI is InChI=1S/C18H22N4O3/c1-3-15(23)22-9-5-6-12(11-22)21-16-13-7-8-19-17(13)20-10-14(16)18(24)25-4-2/h3,7-8,10,12H,1,4-6,9,11H2,2H3,(H2,19,20,21)/t12-/m1/s1. The maximum absolute atomic E-state index is 12.3. The number of aromatic amines is 1. The minimum absolute atomic E-state index is 0.0475. The van der Waals surface area contributed by atoms with Crippen molar-refractivity contribution >= 4 is 28.6 Å². The predicted octanol–water partition coefficient (Wildman–Crippen LogP) is 2.33. The first kappa shape index (κ1) is 17.0. The summed E-state index contributed by atoms with van der Waals surface area (Å²) in [6.07, 6.45) is 6.45. The number of nitrogens with one attached hydrogen (secondary N) is 2. The molecule has 3 heterocycles. The molecule has 0 aromatic carbocycles. The van der Waals surface area contributed by atoms with E-state index in [1.54, 1.807) is 18.0 Å². The van der Waals surface area contributed by atoms with Crippen molar-refractivity contribution in [2.75, 3.05) is 25.0 Å². The normalized spacial score (nSPS) is 17.3. The molecule has 2 aromatic heterocycles. The number of esters is 1. The molecular weight excluding hydrogens is 320 g/mol. The maximum atomic E-state index is 12.3. The van der Waals surface area contributed by atoms with Gasteiger partial charge in [0.1, 0.15) is 11.2 Å². The van der Waals surface area contributed by atoms with Crippen LogP contribution in [0.1, 0.15) is 30.1 Å². The van der Waals surface area contributed by atoms with Gasteiger partial charge >= 0.3 is 5.97 Å². The Balaban J connectivity index is 1.90. The molecule has 25 heavy (non-hydrogen) atoms. The summed E-state index contributed by atoms with van der Waals surface area (Å²) >= 11 is 0. The highest BCUT2D eigenvalue weighted by Gasteiger charge is 2.25. The zero-order valence-electron chi connectivity index (χ0n) is 14.2. The number of rotatable bonds is 5. The second kappa shape index (κ2) is 7.38. The van der Waals surface area contributed by atoms with Crippen LogP contribution < -0.4 is 5.32 Å². The summed E-state index contributed by atoms with van der Waals surface area (Å²) in [5.74, 6) is -0.478. The number of fused-ring (bicyclic) bond motifs is 1. The molecule has 7 nitrogen and oxygen atoms in total. The van der Waals surface area contributed by atoms with E-state index >= 15 is 0 Å². The number of carbonyl (C=O) groups excluding carboxylic acids is 2. The monoisotopic (exact) mass is 342 g/mol. The van der Waals surface area contributed by atoms with Crippen molar-refractivity contribution in [3.63, 3.8) is 0 Å². The quantitative estimate of drug-likeness (QED) is 0.643. The number of likely N-dealkylation sites (tertiary alicyclic amines) is 1. The van der Waals surface area contributed by atoms with Crippen LogP contribution in [0, 0.1) is 0 Å². The Kier molecular flexibility index (Phi) is 5.02. The lowest BCUT2D eigenvalue weighted by Crippen LogP contribution is -2.44. The van der Waals surface area contributed by atoms with Crippen LogP contribution in [0.25, 0.3) is 11.0 Å². The molecule has 0 unspecified atom stereocenters. The van der Waals surface area contributed by atoms with Crippen LogP contribution in [0.15, 0.2) is 31.1 Å². The number of ether oxygens (including phenoxy) is 1. The van der Waals surface area contributed by atoms with E-state index in [0.717, 1.165) is 24.8 Å². The second-order valence-corrected chi connectivity index (χ2v) is 5.98. The largest absolute Gasteiger partial charge is 0.462 e. The maximum Gasteiger partial charge on any atom is 0.341 e. The summed E-state index contributed by atoms with van der Waals surface area (Å²) < 4.78 is 5.15. The highest BCUT2D eigenvalue weighted by molar-refractivity contribution is 6.04. The molecule has 7 heteroatoms. The molecule has 1 aliphatic heterocycles. The number of hydrogen-bond acceptors (Lipinski definition) is 5. The van der Waals surface area contributed by atoms with Crippen molar-refractivity contribution in [2.24, 2.45) is 0 Å². The lowest BCUT2D eigenvalue weighted by atomic mass is 10.0. The van der Waals surface area contributed by atoms with Gasteiger partial charge in [0.2, 0.25) is 5.91 Å². The van der Waals surface area contributed by atoms with Gasteiger partial charge in [-0.1, -0.05) is 6.58 Å². The third-order valence-corrected chi connectivity index (χ3v) is 4.34. The van der Waals surface area contributed by atoms with Crippen LogP contribution in [0.4, 0.5) is 5.69 Å². The van der Waals surface area contributed by atoms with Crippen molar-refractivity contribution in [1.29, 1.82) is 0 Å². The summed E-state index contributed by atoms with van der Waals surface area (Å²) in [5.41, 5.74) is 1.80. The number of pyridine rings is 1. The van der Waals surface area contributed by atoms with Crippen LogP contribution in [0.3, 0.4) is 0 Å². The van der Waals surface area contributed by atoms with Gasteiger partial charge in [-0.15, -0.1) is 0 Å².